The van der Waals surface area contributed by atoms with Crippen LogP contribution in [0.15, 0.2) is 30.3 Å². The van der Waals surface area contributed by atoms with Crippen molar-refractivity contribution in [3.63, 3.8) is 0 Å². The van der Waals surface area contributed by atoms with E-state index in [-0.39, 0.29) is 12.3 Å². The summed E-state index contributed by atoms with van der Waals surface area (Å²) in [5.74, 6) is 0.564. The summed E-state index contributed by atoms with van der Waals surface area (Å²) in [5, 5.41) is 3.44. The molecule has 0 aromatic heterocycles. The molecule has 0 radical (unpaired) electrons. The van der Waals surface area contributed by atoms with Crippen molar-refractivity contribution in [2.75, 3.05) is 20.8 Å². The van der Waals surface area contributed by atoms with Gasteiger partial charge in [-0.05, 0) is 31.4 Å². The molecule has 0 bridgehead atoms. The summed E-state index contributed by atoms with van der Waals surface area (Å²) in [6.07, 6.45) is 0.922. The lowest BCUT2D eigenvalue weighted by Crippen LogP contribution is -2.40. The summed E-state index contributed by atoms with van der Waals surface area (Å²) in [6, 6.07) is 10.8. The van der Waals surface area contributed by atoms with Crippen LogP contribution in [-0.2, 0) is 9.47 Å². The van der Waals surface area contributed by atoms with Crippen molar-refractivity contribution in [1.29, 1.82) is 0 Å². The number of hydrogen-bond donors (Lipinski definition) is 1. The molecule has 0 amide bonds. The molecule has 1 rings (SSSR count). The minimum atomic E-state index is -0.183. The predicted molar refractivity (Wildman–Crippen MR) is 74.7 cm³/mol. The summed E-state index contributed by atoms with van der Waals surface area (Å²) in [5.41, 5.74) is 1.39. The fraction of sp³-hybridized carbons (Fsp3) is 0.600. The highest BCUT2D eigenvalue weighted by Crippen LogP contribution is 2.17. The third-order valence-corrected chi connectivity index (χ3v) is 3.29. The van der Waals surface area contributed by atoms with Crippen molar-refractivity contribution < 1.29 is 9.47 Å². The molecule has 0 aliphatic heterocycles. The van der Waals surface area contributed by atoms with Gasteiger partial charge in [0.05, 0.1) is 6.04 Å². The first-order chi connectivity index (χ1) is 8.69. The average Bonchev–Trinajstić information content (AvgIpc) is 2.41. The van der Waals surface area contributed by atoms with Gasteiger partial charge < -0.3 is 14.8 Å². The second-order valence-electron chi connectivity index (χ2n) is 4.68. The van der Waals surface area contributed by atoms with E-state index in [0.29, 0.717) is 5.92 Å². The van der Waals surface area contributed by atoms with E-state index in [4.69, 9.17) is 9.47 Å². The molecule has 0 heterocycles. The van der Waals surface area contributed by atoms with Crippen LogP contribution in [0.4, 0.5) is 0 Å². The number of benzene rings is 1. The van der Waals surface area contributed by atoms with E-state index in [1.165, 1.54) is 5.56 Å². The van der Waals surface area contributed by atoms with Crippen molar-refractivity contribution in [3.05, 3.63) is 35.9 Å². The van der Waals surface area contributed by atoms with Crippen LogP contribution in [0.2, 0.25) is 0 Å². The van der Waals surface area contributed by atoms with Crippen LogP contribution >= 0.6 is 0 Å². The lowest BCUT2D eigenvalue weighted by atomic mass is 9.98. The standard InChI is InChI=1S/C15H25NO2/c1-12(14-8-6-5-7-9-14)10-11-16-13(2)15(17-3)18-4/h5-9,12-13,15-16H,10-11H2,1-4H3. The van der Waals surface area contributed by atoms with Crippen molar-refractivity contribution in [2.24, 2.45) is 0 Å². The largest absolute Gasteiger partial charge is 0.354 e. The highest BCUT2D eigenvalue weighted by molar-refractivity contribution is 5.18. The number of hydrogen-bond acceptors (Lipinski definition) is 3. The van der Waals surface area contributed by atoms with Crippen LogP contribution < -0.4 is 5.32 Å². The van der Waals surface area contributed by atoms with Gasteiger partial charge in [-0.3, -0.25) is 0 Å². The van der Waals surface area contributed by atoms with Gasteiger partial charge in [0.25, 0.3) is 0 Å². The van der Waals surface area contributed by atoms with Gasteiger partial charge in [-0.2, -0.15) is 0 Å². The van der Waals surface area contributed by atoms with Crippen LogP contribution in [0, 0.1) is 0 Å². The molecule has 0 saturated carbocycles. The number of methoxy groups -OCH3 is 2. The van der Waals surface area contributed by atoms with Gasteiger partial charge in [0.2, 0.25) is 0 Å². The molecule has 0 spiro atoms. The summed E-state index contributed by atoms with van der Waals surface area (Å²) >= 11 is 0. The van der Waals surface area contributed by atoms with Gasteiger partial charge in [0.1, 0.15) is 0 Å². The second-order valence-corrected chi connectivity index (χ2v) is 4.68. The molecule has 1 aromatic carbocycles. The van der Waals surface area contributed by atoms with E-state index in [1.54, 1.807) is 14.2 Å². The molecule has 0 fully saturated rings. The molecule has 3 heteroatoms. The average molecular weight is 251 g/mol. The maximum absolute atomic E-state index is 5.22. The maximum Gasteiger partial charge on any atom is 0.171 e. The Kier molecular flexibility index (Phi) is 6.94. The van der Waals surface area contributed by atoms with Gasteiger partial charge in [-0.25, -0.2) is 0 Å². The first-order valence-corrected chi connectivity index (χ1v) is 6.53. The zero-order valence-electron chi connectivity index (χ0n) is 11.8. The summed E-state index contributed by atoms with van der Waals surface area (Å²) in [4.78, 5) is 0. The van der Waals surface area contributed by atoms with E-state index < -0.39 is 0 Å². The Hall–Kier alpha value is -0.900. The van der Waals surface area contributed by atoms with Crippen LogP contribution in [0.3, 0.4) is 0 Å². The van der Waals surface area contributed by atoms with Crippen molar-refractivity contribution in [1.82, 2.24) is 5.32 Å². The first-order valence-electron chi connectivity index (χ1n) is 6.53. The number of nitrogens with one attached hydrogen (secondary N) is 1. The first kappa shape index (κ1) is 15.2. The van der Waals surface area contributed by atoms with E-state index >= 15 is 0 Å². The molecular weight excluding hydrogens is 226 g/mol. The molecule has 0 aliphatic carbocycles. The monoisotopic (exact) mass is 251 g/mol. The fourth-order valence-electron chi connectivity index (χ4n) is 2.08. The van der Waals surface area contributed by atoms with E-state index in [9.17, 15) is 0 Å². The molecule has 18 heavy (non-hydrogen) atoms. The van der Waals surface area contributed by atoms with E-state index in [1.807, 2.05) is 0 Å². The Morgan fingerprint density at radius 3 is 2.22 bits per heavy atom. The SMILES string of the molecule is COC(OC)C(C)NCCC(C)c1ccccc1. The minimum Gasteiger partial charge on any atom is -0.354 e. The van der Waals surface area contributed by atoms with Crippen LogP contribution in [-0.4, -0.2) is 33.1 Å². The van der Waals surface area contributed by atoms with E-state index in [2.05, 4.69) is 49.5 Å². The summed E-state index contributed by atoms with van der Waals surface area (Å²) in [6.45, 7) is 5.29. The maximum atomic E-state index is 5.22. The zero-order valence-corrected chi connectivity index (χ0v) is 11.8. The molecule has 0 saturated heterocycles. The normalized spacial score (nSPS) is 14.7. The van der Waals surface area contributed by atoms with Gasteiger partial charge in [0, 0.05) is 14.2 Å². The lowest BCUT2D eigenvalue weighted by Gasteiger charge is -2.23. The molecule has 2 atom stereocenters. The van der Waals surface area contributed by atoms with Crippen molar-refractivity contribution in [2.45, 2.75) is 38.5 Å². The van der Waals surface area contributed by atoms with Gasteiger partial charge in [0.15, 0.2) is 6.29 Å². The molecule has 102 valence electrons. The summed E-state index contributed by atoms with van der Waals surface area (Å²) < 4.78 is 10.4. The van der Waals surface area contributed by atoms with Gasteiger partial charge in [-0.15, -0.1) is 0 Å². The van der Waals surface area contributed by atoms with Crippen LogP contribution in [0.25, 0.3) is 0 Å². The van der Waals surface area contributed by atoms with Crippen LogP contribution in [0.1, 0.15) is 31.7 Å². The lowest BCUT2D eigenvalue weighted by molar-refractivity contribution is -0.119. The van der Waals surface area contributed by atoms with Gasteiger partial charge in [-0.1, -0.05) is 37.3 Å². The summed E-state index contributed by atoms with van der Waals surface area (Å²) in [7, 11) is 3.33. The Morgan fingerprint density at radius 2 is 1.67 bits per heavy atom. The highest BCUT2D eigenvalue weighted by atomic mass is 16.7. The Morgan fingerprint density at radius 1 is 1.06 bits per heavy atom. The topological polar surface area (TPSA) is 30.5 Å². The predicted octanol–water partition coefficient (Wildman–Crippen LogP) is 2.78. The van der Waals surface area contributed by atoms with E-state index in [0.717, 1.165) is 13.0 Å². The third kappa shape index (κ3) is 4.77. The quantitative estimate of drug-likeness (QED) is 0.721. The molecular formula is C15H25NO2. The fourth-order valence-corrected chi connectivity index (χ4v) is 2.08. The van der Waals surface area contributed by atoms with Gasteiger partial charge >= 0.3 is 0 Å². The Labute approximate surface area is 110 Å². The Balaban J connectivity index is 2.29. The minimum absolute atomic E-state index is 0.183. The van der Waals surface area contributed by atoms with Crippen molar-refractivity contribution >= 4 is 0 Å². The smallest absolute Gasteiger partial charge is 0.171 e. The zero-order chi connectivity index (χ0) is 13.4. The second kappa shape index (κ2) is 8.25. The number of ether oxygens (including phenoxy) is 2. The molecule has 2 unspecified atom stereocenters. The molecule has 0 aliphatic rings. The Bertz CT molecular complexity index is 312. The molecule has 1 N–H and O–H groups in total. The third-order valence-electron chi connectivity index (χ3n) is 3.29. The van der Waals surface area contributed by atoms with Crippen molar-refractivity contribution in [3.8, 4) is 0 Å². The number of rotatable bonds is 8. The van der Waals surface area contributed by atoms with Crippen LogP contribution in [0.5, 0.6) is 0 Å². The molecule has 3 nitrogen and oxygen atoms in total. The molecule has 1 aromatic rings. The highest BCUT2D eigenvalue weighted by Gasteiger charge is 2.15.